The van der Waals surface area contributed by atoms with Crippen molar-refractivity contribution in [2.45, 2.75) is 26.1 Å². The molecule has 6 N–H and O–H groups in total. The molecule has 0 saturated carbocycles. The largest absolute Gasteiger partial charge is 0.405 e. The van der Waals surface area contributed by atoms with E-state index in [1.807, 2.05) is 19.9 Å². The van der Waals surface area contributed by atoms with E-state index in [1.54, 1.807) is 6.07 Å². The van der Waals surface area contributed by atoms with Gasteiger partial charge in [-0.15, -0.1) is 0 Å². The zero-order valence-corrected chi connectivity index (χ0v) is 14.2. The highest BCUT2D eigenvalue weighted by molar-refractivity contribution is 5.97. The molecular weight excluding hydrogens is 349 g/mol. The van der Waals surface area contributed by atoms with Crippen LogP contribution in [0.4, 0.5) is 30.4 Å². The number of hydrogen-bond donors (Lipinski definition) is 4. The van der Waals surface area contributed by atoms with Gasteiger partial charge >= 0.3 is 6.18 Å². The van der Waals surface area contributed by atoms with E-state index < -0.39 is 24.7 Å². The molecule has 26 heavy (non-hydrogen) atoms. The van der Waals surface area contributed by atoms with Crippen molar-refractivity contribution in [3.8, 4) is 0 Å². The minimum absolute atomic E-state index is 0.0587. The van der Waals surface area contributed by atoms with Crippen LogP contribution in [0.1, 0.15) is 21.7 Å². The molecule has 0 aliphatic carbocycles. The summed E-state index contributed by atoms with van der Waals surface area (Å²) in [6, 6.07) is 3.01. The van der Waals surface area contributed by atoms with Gasteiger partial charge in [0.2, 0.25) is 0 Å². The molecule has 0 spiro atoms. The van der Waals surface area contributed by atoms with E-state index in [-0.39, 0.29) is 17.1 Å². The average Bonchev–Trinajstić information content (AvgIpc) is 2.50. The summed E-state index contributed by atoms with van der Waals surface area (Å²) >= 11 is 0. The Morgan fingerprint density at radius 1 is 1.27 bits per heavy atom. The highest BCUT2D eigenvalue weighted by Gasteiger charge is 2.36. The second-order valence-corrected chi connectivity index (χ2v) is 5.81. The number of nitrogens with zero attached hydrogens (tertiary/aromatic N) is 2. The Bertz CT molecular complexity index is 789. The Kier molecular flexibility index (Phi) is 5.66. The number of amides is 1. The molecule has 140 valence electrons. The van der Waals surface area contributed by atoms with Crippen molar-refractivity contribution >= 4 is 23.1 Å². The molecule has 7 nitrogen and oxygen atoms in total. The van der Waals surface area contributed by atoms with Gasteiger partial charge < -0.3 is 22.1 Å². The standard InChI is InChI=1S/C16H19F3N6O/c1-8-3-9(2)24-13(4-8)25-11-5-10(6-23-14(11)15(21)26)22-7-12(20)16(17,18)19/h3-6,12,22H,7,20H2,1-2H3,(H2,21,26)(H,24,25)/t12-/m1/s1. The molecule has 2 rings (SSSR count). The molecule has 0 radical (unpaired) electrons. The maximum Gasteiger partial charge on any atom is 0.405 e. The Labute approximate surface area is 148 Å². The first-order valence-corrected chi connectivity index (χ1v) is 7.64. The SMILES string of the molecule is Cc1cc(C)nc(Nc2cc(NC[C@@H](N)C(F)(F)F)cnc2C(N)=O)c1. The number of hydrogen-bond acceptors (Lipinski definition) is 6. The van der Waals surface area contributed by atoms with Crippen LogP contribution in [0.2, 0.25) is 0 Å². The molecule has 1 amide bonds. The van der Waals surface area contributed by atoms with Crippen LogP contribution in [0.3, 0.4) is 0 Å². The third-order valence-corrected chi connectivity index (χ3v) is 3.43. The molecule has 0 aliphatic rings. The molecule has 0 bridgehead atoms. The van der Waals surface area contributed by atoms with Gasteiger partial charge in [0.05, 0.1) is 17.6 Å². The lowest BCUT2D eigenvalue weighted by Gasteiger charge is -2.17. The first kappa shape index (κ1) is 19.4. The Balaban J connectivity index is 2.26. The maximum absolute atomic E-state index is 12.5. The normalized spacial score (nSPS) is 12.5. The second kappa shape index (κ2) is 7.56. The van der Waals surface area contributed by atoms with E-state index in [9.17, 15) is 18.0 Å². The molecule has 0 aliphatic heterocycles. The number of primary amides is 1. The van der Waals surface area contributed by atoms with Crippen LogP contribution in [0, 0.1) is 13.8 Å². The predicted octanol–water partition coefficient (Wildman–Crippen LogP) is 2.24. The number of halogens is 3. The lowest BCUT2D eigenvalue weighted by Crippen LogP contribution is -2.42. The van der Waals surface area contributed by atoms with Crippen molar-refractivity contribution in [3.05, 3.63) is 41.3 Å². The van der Waals surface area contributed by atoms with Crippen LogP contribution < -0.4 is 22.1 Å². The summed E-state index contributed by atoms with van der Waals surface area (Å²) in [7, 11) is 0. The second-order valence-electron chi connectivity index (χ2n) is 5.81. The van der Waals surface area contributed by atoms with Gasteiger partial charge in [-0.3, -0.25) is 4.79 Å². The van der Waals surface area contributed by atoms with Crippen LogP contribution in [-0.4, -0.2) is 34.6 Å². The number of rotatable bonds is 6. The topological polar surface area (TPSA) is 119 Å². The first-order chi connectivity index (χ1) is 12.1. The number of carbonyl (C=O) groups excluding carboxylic acids is 1. The number of nitrogens with two attached hydrogens (primary N) is 2. The van der Waals surface area contributed by atoms with E-state index in [2.05, 4.69) is 20.6 Å². The Morgan fingerprint density at radius 3 is 2.54 bits per heavy atom. The third kappa shape index (κ3) is 5.06. The molecule has 2 heterocycles. The summed E-state index contributed by atoms with van der Waals surface area (Å²) in [6.45, 7) is 3.15. The van der Waals surface area contributed by atoms with E-state index >= 15 is 0 Å². The smallest absolute Gasteiger partial charge is 0.382 e. The lowest BCUT2D eigenvalue weighted by molar-refractivity contribution is -0.144. The van der Waals surface area contributed by atoms with Gasteiger partial charge in [-0.1, -0.05) is 0 Å². The molecule has 1 atom stereocenters. The monoisotopic (exact) mass is 368 g/mol. The van der Waals surface area contributed by atoms with Gasteiger partial charge in [0, 0.05) is 12.2 Å². The van der Waals surface area contributed by atoms with Crippen LogP contribution in [0.5, 0.6) is 0 Å². The molecule has 2 aromatic rings. The average molecular weight is 368 g/mol. The molecule has 10 heteroatoms. The van der Waals surface area contributed by atoms with Gasteiger partial charge in [0.1, 0.15) is 11.9 Å². The van der Waals surface area contributed by atoms with Crippen molar-refractivity contribution < 1.29 is 18.0 Å². The van der Waals surface area contributed by atoms with Gasteiger partial charge in [-0.25, -0.2) is 9.97 Å². The zero-order chi connectivity index (χ0) is 19.5. The highest BCUT2D eigenvalue weighted by atomic mass is 19.4. The Morgan fingerprint density at radius 2 is 1.96 bits per heavy atom. The highest BCUT2D eigenvalue weighted by Crippen LogP contribution is 2.24. The molecule has 0 aromatic carbocycles. The zero-order valence-electron chi connectivity index (χ0n) is 14.2. The molecular formula is C16H19F3N6O. The third-order valence-electron chi connectivity index (χ3n) is 3.43. The Hall–Kier alpha value is -2.88. The first-order valence-electron chi connectivity index (χ1n) is 7.64. The van der Waals surface area contributed by atoms with Crippen LogP contribution in [0.25, 0.3) is 0 Å². The number of carbonyl (C=O) groups is 1. The van der Waals surface area contributed by atoms with E-state index in [1.165, 1.54) is 12.3 Å². The summed E-state index contributed by atoms with van der Waals surface area (Å²) in [5, 5.41) is 5.47. The van der Waals surface area contributed by atoms with Gasteiger partial charge in [-0.05, 0) is 37.6 Å². The maximum atomic E-state index is 12.5. The molecule has 0 unspecified atom stereocenters. The number of aromatic nitrogens is 2. The van der Waals surface area contributed by atoms with Crippen LogP contribution in [0.15, 0.2) is 24.4 Å². The number of pyridine rings is 2. The van der Waals surface area contributed by atoms with E-state index in [4.69, 9.17) is 11.5 Å². The van der Waals surface area contributed by atoms with Crippen molar-refractivity contribution in [2.75, 3.05) is 17.2 Å². The van der Waals surface area contributed by atoms with Gasteiger partial charge in [0.15, 0.2) is 5.69 Å². The van der Waals surface area contributed by atoms with Crippen LogP contribution in [-0.2, 0) is 0 Å². The summed E-state index contributed by atoms with van der Waals surface area (Å²) in [5.41, 5.74) is 12.5. The van der Waals surface area contributed by atoms with Crippen molar-refractivity contribution in [2.24, 2.45) is 11.5 Å². The summed E-state index contributed by atoms with van der Waals surface area (Å²) < 4.78 is 37.5. The van der Waals surface area contributed by atoms with Crippen molar-refractivity contribution in [3.63, 3.8) is 0 Å². The molecule has 2 aromatic heterocycles. The van der Waals surface area contributed by atoms with Crippen molar-refractivity contribution in [1.29, 1.82) is 0 Å². The number of nitrogens with one attached hydrogen (secondary N) is 2. The minimum Gasteiger partial charge on any atom is -0.382 e. The van der Waals surface area contributed by atoms with Crippen molar-refractivity contribution in [1.82, 2.24) is 9.97 Å². The fraction of sp³-hybridized carbons (Fsp3) is 0.312. The fourth-order valence-corrected chi connectivity index (χ4v) is 2.24. The number of anilines is 3. The summed E-state index contributed by atoms with van der Waals surface area (Å²) in [5.74, 6) is -0.327. The summed E-state index contributed by atoms with van der Waals surface area (Å²) in [4.78, 5) is 19.8. The summed E-state index contributed by atoms with van der Waals surface area (Å²) in [6.07, 6.45) is -3.30. The fourth-order valence-electron chi connectivity index (χ4n) is 2.24. The van der Waals surface area contributed by atoms with E-state index in [0.717, 1.165) is 11.3 Å². The quantitative estimate of drug-likeness (QED) is 0.621. The number of alkyl halides is 3. The van der Waals surface area contributed by atoms with Gasteiger partial charge in [-0.2, -0.15) is 13.2 Å². The molecule has 0 fully saturated rings. The predicted molar refractivity (Wildman–Crippen MR) is 92.3 cm³/mol. The van der Waals surface area contributed by atoms with Gasteiger partial charge in [0.25, 0.3) is 5.91 Å². The van der Waals surface area contributed by atoms with Crippen LogP contribution >= 0.6 is 0 Å². The van der Waals surface area contributed by atoms with E-state index in [0.29, 0.717) is 5.82 Å². The molecule has 0 saturated heterocycles. The lowest BCUT2D eigenvalue weighted by atomic mass is 10.2. The number of aryl methyl sites for hydroxylation is 2. The minimum atomic E-state index is -4.52.